The summed E-state index contributed by atoms with van der Waals surface area (Å²) in [5.41, 5.74) is 7.11. The van der Waals surface area contributed by atoms with Crippen LogP contribution in [0, 0.1) is 54.3 Å². The van der Waals surface area contributed by atoms with Crippen LogP contribution in [0.4, 0.5) is 0 Å². The number of rotatable bonds is 20. The van der Waals surface area contributed by atoms with Crippen LogP contribution in [0.1, 0.15) is 170 Å². The van der Waals surface area contributed by atoms with Crippen molar-refractivity contribution in [2.45, 2.75) is 146 Å². The van der Waals surface area contributed by atoms with Gasteiger partial charge in [-0.15, -0.1) is 28.5 Å². The molecule has 3 aliphatic heterocycles. The molecule has 1 aliphatic carbocycles. The van der Waals surface area contributed by atoms with Crippen molar-refractivity contribution in [2.75, 3.05) is 13.7 Å². The maximum atomic E-state index is 14.4. The number of ketones is 2. The zero-order valence-corrected chi connectivity index (χ0v) is 43.1. The molecule has 0 spiro atoms. The summed E-state index contributed by atoms with van der Waals surface area (Å²) in [5, 5.41) is 22.7. The fraction of sp³-hybridized carbons (Fsp3) is 0.582. The summed E-state index contributed by atoms with van der Waals surface area (Å²) in [7, 11) is 1.29. The minimum Gasteiger partial charge on any atom is -0.681 e. The average molecular weight is 912 g/mol. The van der Waals surface area contributed by atoms with E-state index in [1.54, 1.807) is 0 Å². The molecule has 66 heavy (non-hydrogen) atoms. The summed E-state index contributed by atoms with van der Waals surface area (Å²) in [6.45, 7) is 25.8. The number of carbonyl (C=O) groups is 3. The minimum atomic E-state index is -1.22. The fourth-order valence-corrected chi connectivity index (χ4v) is 10.3. The van der Waals surface area contributed by atoms with E-state index in [9.17, 15) is 19.5 Å². The van der Waals surface area contributed by atoms with Gasteiger partial charge in [0.25, 0.3) is 0 Å². The van der Waals surface area contributed by atoms with E-state index < -0.39 is 24.2 Å². The number of nitrogens with zero attached hydrogens (tertiary/aromatic N) is 4. The number of hydrogen-bond acceptors (Lipinski definition) is 6. The number of Topliss-reactive ketones (excluding diaryl/α,β-unsaturated/α-hetero) is 2. The van der Waals surface area contributed by atoms with Gasteiger partial charge >= 0.3 is 29.0 Å². The number of esters is 1. The molecule has 0 aromatic carbocycles. The Morgan fingerprint density at radius 1 is 0.985 bits per heavy atom. The molecule has 11 heteroatoms. The normalized spacial score (nSPS) is 27.0. The van der Waals surface area contributed by atoms with Crippen molar-refractivity contribution in [1.29, 1.82) is 0 Å². The number of methoxy groups -OCH3 is 1. The van der Waals surface area contributed by atoms with Gasteiger partial charge in [0.05, 0.1) is 13.7 Å². The Balaban J connectivity index is 0.00000817. The van der Waals surface area contributed by atoms with Gasteiger partial charge in [-0.2, -0.15) is 17.1 Å². The van der Waals surface area contributed by atoms with Crippen LogP contribution in [0.15, 0.2) is 40.9 Å². The van der Waals surface area contributed by atoms with Gasteiger partial charge in [0, 0.05) is 11.1 Å². The Kier molecular flexibility index (Phi) is 18.8. The molecule has 2 unspecified atom stereocenters. The van der Waals surface area contributed by atoms with E-state index in [-0.39, 0.29) is 58.3 Å². The molecule has 0 amide bonds. The summed E-state index contributed by atoms with van der Waals surface area (Å²) < 4.78 is 11.3. The van der Waals surface area contributed by atoms with Crippen LogP contribution in [-0.4, -0.2) is 71.7 Å². The van der Waals surface area contributed by atoms with E-state index >= 15 is 0 Å². The van der Waals surface area contributed by atoms with E-state index in [0.717, 1.165) is 43.5 Å². The van der Waals surface area contributed by atoms with Crippen molar-refractivity contribution in [3.05, 3.63) is 95.9 Å². The van der Waals surface area contributed by atoms with Crippen molar-refractivity contribution in [2.24, 2.45) is 47.3 Å². The predicted octanol–water partition coefficient (Wildman–Crippen LogP) is 10.3. The van der Waals surface area contributed by atoms with Gasteiger partial charge < -0.3 is 35.2 Å². The molecule has 0 radical (unpaired) electrons. The molecule has 1 N–H and O–H groups in total. The molecule has 8 bridgehead atoms. The van der Waals surface area contributed by atoms with Crippen LogP contribution in [-0.2, 0) is 14.3 Å². The van der Waals surface area contributed by atoms with Crippen LogP contribution in [0.3, 0.4) is 0 Å². The van der Waals surface area contributed by atoms with Gasteiger partial charge in [-0.1, -0.05) is 127 Å². The van der Waals surface area contributed by atoms with E-state index in [1.165, 1.54) is 38.9 Å². The van der Waals surface area contributed by atoms with Crippen LogP contribution in [0.5, 0.6) is 0 Å². The largest absolute Gasteiger partial charge is 2.00 e. The van der Waals surface area contributed by atoms with Gasteiger partial charge in [-0.3, -0.25) is 14.4 Å². The quantitative estimate of drug-likeness (QED) is 0.0345. The molecule has 0 saturated carbocycles. The Hall–Kier alpha value is -3.90. The number of fused-ring (bicyclic) bond motifs is 7. The van der Waals surface area contributed by atoms with Crippen molar-refractivity contribution >= 4 is 71.0 Å². The first-order valence-corrected chi connectivity index (χ1v) is 24.3. The molecule has 2 aromatic heterocycles. The topological polar surface area (TPSA) is 146 Å². The summed E-state index contributed by atoms with van der Waals surface area (Å²) >= 11 is 0. The van der Waals surface area contributed by atoms with Crippen molar-refractivity contribution < 1.29 is 29.0 Å². The predicted molar refractivity (Wildman–Crippen MR) is 268 cm³/mol. The molecule has 6 rings (SSSR count). The van der Waals surface area contributed by atoms with Crippen LogP contribution < -0.4 is 20.5 Å². The molecule has 2 fully saturated rings. The minimum absolute atomic E-state index is 0. The Bertz CT molecular complexity index is 2360. The average Bonchev–Trinajstić information content (AvgIpc) is 4.00. The van der Waals surface area contributed by atoms with Gasteiger partial charge in [0.1, 0.15) is 5.92 Å². The summed E-state index contributed by atoms with van der Waals surface area (Å²) in [6.07, 6.45) is 21.2. The zero-order chi connectivity index (χ0) is 47.3. The van der Waals surface area contributed by atoms with Crippen LogP contribution >= 0.6 is 0 Å². The molecule has 354 valence electrons. The second-order valence-electron chi connectivity index (χ2n) is 19.9. The number of aliphatic hydroxyl groups excluding tert-OH is 1. The molecule has 2 aromatic rings. The van der Waals surface area contributed by atoms with E-state index in [4.69, 9.17) is 30.1 Å². The number of hydrogen-bond donors (Lipinski definition) is 1. The number of carbonyl (C=O) groups excluding carboxylic acids is 3. The first kappa shape index (κ1) is 53.1. The SMILES string of the molecule is C=c1c(C(C)=O)c2[n-]/c1=C\C1[N-]/C(=C3\c4[n-]c(c(C)c4C(=O)[C@@H]3C(=O)OC)/C=C3\[N-]/C(=C\2)[C@H](C)[C@H]3CC)[C@@H](CCC(O)OCC/C(C)=C/CC[C@H](C)CCC[C@H](C)/C=C/CC(C)C)[C@@H]1C.[Mg+2]. The standard InChI is InChI=1S/C55H76N4O6.Mg/c1-13-39-34(7)41-29-46-48(38(11)60)36(9)43(57-46)27-42-35(8)40(52(58-42)50-51(55(63)64-12)54(62)49-37(10)44(59-53(49)50)28-45(39)56-41)23-24-47(61)65-26-25-33(6)22-16-21-32(5)20-15-19-31(4)18-14-17-30(2)3;/h14,18,22,27-32,34-35,39-40,42,47,51,61H,9,13,15-17,19-21,23-26H2,1-8,10-12H3,(H2-2,56,57,58,59,60,62);/q-2;+2/p-2/b18-14+,33-22+,43-27-,45-28-;/t31-,32-,34-,35+,39-,40+,42?,47?,51-;/m1./s1. The summed E-state index contributed by atoms with van der Waals surface area (Å²) in [5.74, 6) is -0.663. The van der Waals surface area contributed by atoms with Gasteiger partial charge in [-0.05, 0) is 112 Å². The summed E-state index contributed by atoms with van der Waals surface area (Å²) in [4.78, 5) is 51.2. The molecule has 10 nitrogen and oxygen atoms in total. The smallest absolute Gasteiger partial charge is 0.681 e. The third kappa shape index (κ3) is 11.8. The molecule has 2 saturated heterocycles. The Morgan fingerprint density at radius 3 is 2.39 bits per heavy atom. The van der Waals surface area contributed by atoms with Gasteiger partial charge in [-0.25, -0.2) is 0 Å². The first-order chi connectivity index (χ1) is 30.9. The molecular weight excluding hydrogens is 837 g/mol. The van der Waals surface area contributed by atoms with Gasteiger partial charge in [0.15, 0.2) is 17.9 Å². The van der Waals surface area contributed by atoms with Crippen molar-refractivity contribution in [3.63, 3.8) is 0 Å². The fourth-order valence-electron chi connectivity index (χ4n) is 10.3. The Labute approximate surface area is 410 Å². The van der Waals surface area contributed by atoms with Crippen LogP contribution in [0.2, 0.25) is 0 Å². The number of ether oxygens (including phenoxy) is 2. The van der Waals surface area contributed by atoms with E-state index in [2.05, 4.69) is 80.2 Å². The number of aliphatic hydroxyl groups is 1. The third-order valence-electron chi connectivity index (χ3n) is 14.4. The van der Waals surface area contributed by atoms with E-state index in [1.807, 2.05) is 25.2 Å². The summed E-state index contributed by atoms with van der Waals surface area (Å²) in [6, 6.07) is -0.445. The zero-order valence-electron chi connectivity index (χ0n) is 41.7. The molecule has 5 heterocycles. The maximum absolute atomic E-state index is 14.4. The molecule has 9 atom stereocenters. The van der Waals surface area contributed by atoms with Crippen molar-refractivity contribution in [3.8, 4) is 0 Å². The molecular formula is C55H74MgN4O6-2. The second kappa shape index (κ2) is 23.4. The van der Waals surface area contributed by atoms with Crippen LogP contribution in [0.25, 0.3) is 41.0 Å². The van der Waals surface area contributed by atoms with Gasteiger partial charge in [0.2, 0.25) is 0 Å². The second-order valence-corrected chi connectivity index (χ2v) is 19.9. The third-order valence-corrected chi connectivity index (χ3v) is 14.4. The number of aromatic nitrogens is 2. The monoisotopic (exact) mass is 911 g/mol. The first-order valence-electron chi connectivity index (χ1n) is 24.3. The molecule has 4 aliphatic rings. The van der Waals surface area contributed by atoms with Crippen molar-refractivity contribution in [1.82, 2.24) is 9.97 Å². The number of allylic oxidation sites excluding steroid dienone is 6. The maximum Gasteiger partial charge on any atom is 2.00 e. The Morgan fingerprint density at radius 2 is 1.71 bits per heavy atom. The van der Waals surface area contributed by atoms with E-state index in [0.29, 0.717) is 92.8 Å².